The average Bonchev–Trinajstić information content (AvgIpc) is 4.25. The van der Waals surface area contributed by atoms with Crippen LogP contribution in [0.3, 0.4) is 0 Å². The number of hydrogen-bond acceptors (Lipinski definition) is 8. The van der Waals surface area contributed by atoms with E-state index >= 15 is 0 Å². The minimum Gasteiger partial charge on any atom is -0.489 e. The first-order valence-corrected chi connectivity index (χ1v) is 23.4. The zero-order chi connectivity index (χ0) is 46.2. The molecule has 5 aromatic carbocycles. The van der Waals surface area contributed by atoms with Gasteiger partial charge in [-0.1, -0.05) is 109 Å². The smallest absolute Gasteiger partial charge is 0.161 e. The van der Waals surface area contributed by atoms with Crippen LogP contribution >= 0.6 is 0 Å². The molecule has 6 heterocycles. The first-order chi connectivity index (χ1) is 34.2. The van der Waals surface area contributed by atoms with Gasteiger partial charge in [0.05, 0.1) is 62.4 Å². The predicted molar refractivity (Wildman–Crippen MR) is 275 cm³/mol. The zero-order valence-electron chi connectivity index (χ0n) is 38.0. The lowest BCUT2D eigenvalue weighted by atomic mass is 10.0. The molecule has 8 bridgehead atoms. The predicted octanol–water partition coefficient (Wildman–Crippen LogP) is 12.7. The quantitative estimate of drug-likeness (QED) is 0.163. The van der Waals surface area contributed by atoms with E-state index in [0.717, 1.165) is 101 Å². The third kappa shape index (κ3) is 9.73. The maximum absolute atomic E-state index is 6.41. The first kappa shape index (κ1) is 43.5. The highest BCUT2D eigenvalue weighted by molar-refractivity contribution is 5.99. The van der Waals surface area contributed by atoms with Crippen molar-refractivity contribution in [3.63, 3.8) is 0 Å². The highest BCUT2D eigenvalue weighted by Crippen LogP contribution is 2.39. The molecule has 3 aliphatic heterocycles. The second kappa shape index (κ2) is 20.5. The SMILES string of the molecule is C1=Cc2nc1c(-c1ccccc1)c1ccc([nH]1)c(-c1ccccc1)c1nc(c(-c3ccc(OCc4ccc5c(c4)OCCOCCOCCOCCO5)cc3)c3ccc([nH]3)c2-c2ccccc2)C=C1. The van der Waals surface area contributed by atoms with E-state index in [0.29, 0.717) is 71.0 Å². The molecule has 3 aliphatic rings. The lowest BCUT2D eigenvalue weighted by Gasteiger charge is -2.15. The fraction of sp³-hybridized carbons (Fsp3) is 0.153. The minimum atomic E-state index is 0.329. The molecule has 2 N–H and O–H groups in total. The van der Waals surface area contributed by atoms with E-state index in [-0.39, 0.29) is 0 Å². The molecule has 69 heavy (non-hydrogen) atoms. The van der Waals surface area contributed by atoms with Gasteiger partial charge in [-0.25, -0.2) is 9.97 Å². The summed E-state index contributed by atoms with van der Waals surface area (Å²) in [4.78, 5) is 18.5. The highest BCUT2D eigenvalue weighted by atomic mass is 16.6. The van der Waals surface area contributed by atoms with Gasteiger partial charge in [-0.05, 0) is 101 Å². The number of nitrogens with zero attached hydrogens (tertiary/aromatic N) is 2. The monoisotopic (exact) mass is 910 g/mol. The number of H-pyrrole nitrogens is 2. The van der Waals surface area contributed by atoms with Crippen molar-refractivity contribution in [3.05, 3.63) is 186 Å². The van der Waals surface area contributed by atoms with Crippen molar-refractivity contribution in [2.24, 2.45) is 0 Å². The molecule has 8 aromatic rings. The van der Waals surface area contributed by atoms with Crippen molar-refractivity contribution in [1.29, 1.82) is 0 Å². The van der Waals surface area contributed by atoms with Crippen molar-refractivity contribution < 1.29 is 28.4 Å². The average molecular weight is 911 g/mol. The summed E-state index contributed by atoms with van der Waals surface area (Å²) in [7, 11) is 0. The van der Waals surface area contributed by atoms with E-state index in [4.69, 9.17) is 38.4 Å². The van der Waals surface area contributed by atoms with Crippen molar-refractivity contribution in [1.82, 2.24) is 19.9 Å². The molecule has 10 heteroatoms. The summed E-state index contributed by atoms with van der Waals surface area (Å²) in [6, 6.07) is 54.1. The van der Waals surface area contributed by atoms with Gasteiger partial charge in [0.2, 0.25) is 0 Å². The Morgan fingerprint density at radius 2 is 0.754 bits per heavy atom. The van der Waals surface area contributed by atoms with Gasteiger partial charge in [-0.3, -0.25) is 0 Å². The summed E-state index contributed by atoms with van der Waals surface area (Å²) in [6.07, 6.45) is 8.49. The van der Waals surface area contributed by atoms with Crippen LogP contribution in [0.1, 0.15) is 28.3 Å². The van der Waals surface area contributed by atoms with Gasteiger partial charge in [0.25, 0.3) is 0 Å². The molecule has 11 rings (SSSR count). The Hall–Kier alpha value is -8.02. The van der Waals surface area contributed by atoms with Gasteiger partial charge in [-0.15, -0.1) is 0 Å². The summed E-state index contributed by atoms with van der Waals surface area (Å²) in [5.74, 6) is 2.00. The van der Waals surface area contributed by atoms with Crippen LogP contribution in [-0.2, 0) is 20.8 Å². The van der Waals surface area contributed by atoms with Gasteiger partial charge in [0, 0.05) is 44.3 Å². The summed E-state index contributed by atoms with van der Waals surface area (Å²) in [5, 5.41) is 0. The van der Waals surface area contributed by atoms with Crippen LogP contribution < -0.4 is 14.2 Å². The molecule has 0 aliphatic carbocycles. The van der Waals surface area contributed by atoms with Crippen molar-refractivity contribution in [3.8, 4) is 61.8 Å². The summed E-state index contributed by atoms with van der Waals surface area (Å²) in [5.41, 5.74) is 16.3. The third-order valence-electron chi connectivity index (χ3n) is 12.2. The van der Waals surface area contributed by atoms with Crippen molar-refractivity contribution in [2.45, 2.75) is 6.61 Å². The molecule has 0 amide bonds. The molecule has 0 radical (unpaired) electrons. The maximum Gasteiger partial charge on any atom is 0.161 e. The first-order valence-electron chi connectivity index (χ1n) is 23.4. The molecule has 0 fully saturated rings. The maximum atomic E-state index is 6.41. The fourth-order valence-corrected chi connectivity index (χ4v) is 8.96. The molecule has 0 atom stereocenters. The summed E-state index contributed by atoms with van der Waals surface area (Å²) < 4.78 is 35.4. The molecule has 3 aromatic heterocycles. The number of nitrogens with one attached hydrogen (secondary N) is 2. The second-order valence-corrected chi connectivity index (χ2v) is 16.7. The summed E-state index contributed by atoms with van der Waals surface area (Å²) in [6.45, 7) is 4.02. The van der Waals surface area contributed by atoms with Crippen molar-refractivity contribution >= 4 is 46.4 Å². The molecular formula is C59H50N4O6. The minimum absolute atomic E-state index is 0.329. The molecule has 10 nitrogen and oxygen atoms in total. The van der Waals surface area contributed by atoms with E-state index in [2.05, 4.69) is 143 Å². The Bertz CT molecular complexity index is 3270. The van der Waals surface area contributed by atoms with E-state index in [1.165, 1.54) is 0 Å². The largest absolute Gasteiger partial charge is 0.489 e. The Morgan fingerprint density at radius 1 is 0.377 bits per heavy atom. The Kier molecular flexibility index (Phi) is 12.9. The number of aromatic amines is 2. The highest BCUT2D eigenvalue weighted by Gasteiger charge is 2.19. The van der Waals surface area contributed by atoms with Crippen LogP contribution in [0.4, 0.5) is 0 Å². The normalized spacial score (nSPS) is 14.2. The number of aromatic nitrogens is 4. The Balaban J connectivity index is 1.01. The van der Waals surface area contributed by atoms with Crippen LogP contribution in [0.15, 0.2) is 158 Å². The van der Waals surface area contributed by atoms with Gasteiger partial charge in [0.1, 0.15) is 25.6 Å². The van der Waals surface area contributed by atoms with Gasteiger partial charge >= 0.3 is 0 Å². The van der Waals surface area contributed by atoms with E-state index in [1.807, 2.05) is 48.5 Å². The van der Waals surface area contributed by atoms with Crippen LogP contribution in [0.2, 0.25) is 0 Å². The third-order valence-corrected chi connectivity index (χ3v) is 12.2. The standard InChI is InChI=1S/C59H50N4O6/c1-4-10-41(11-5-1)56-46-21-23-48(60-46)57(42-12-6-2-7-13-42)50-25-27-52(62-50)59(53-28-26-51(63-53)58(43-14-8-3-9-15-43)49-24-22-47(56)61-49)44-17-19-45(20-18-44)69-39-40-16-29-54-55(38-40)68-37-35-66-33-31-64-30-32-65-34-36-67-54/h1-29,38,60,63H,30-37,39H2. The van der Waals surface area contributed by atoms with Crippen LogP contribution in [0.5, 0.6) is 17.2 Å². The lowest BCUT2D eigenvalue weighted by molar-refractivity contribution is 0.00708. The molecular weight excluding hydrogens is 861 g/mol. The molecule has 0 saturated carbocycles. The lowest BCUT2D eigenvalue weighted by Crippen LogP contribution is -2.13. The van der Waals surface area contributed by atoms with Gasteiger partial charge < -0.3 is 38.4 Å². The zero-order valence-corrected chi connectivity index (χ0v) is 38.0. The van der Waals surface area contributed by atoms with Gasteiger partial charge in [-0.2, -0.15) is 0 Å². The summed E-state index contributed by atoms with van der Waals surface area (Å²) >= 11 is 0. The number of benzene rings is 5. The number of rotatable bonds is 7. The van der Waals surface area contributed by atoms with E-state index in [1.54, 1.807) is 0 Å². The molecule has 0 spiro atoms. The molecule has 0 unspecified atom stereocenters. The Morgan fingerprint density at radius 3 is 1.17 bits per heavy atom. The molecule has 0 saturated heterocycles. The van der Waals surface area contributed by atoms with Crippen LogP contribution in [-0.4, -0.2) is 72.8 Å². The van der Waals surface area contributed by atoms with Crippen molar-refractivity contribution in [2.75, 3.05) is 52.9 Å². The molecule has 342 valence electrons. The number of ether oxygens (including phenoxy) is 6. The van der Waals surface area contributed by atoms with Crippen LogP contribution in [0, 0.1) is 0 Å². The number of fused-ring (bicyclic) bond motifs is 9. The topological polar surface area (TPSA) is 113 Å². The number of hydrogen-bond donors (Lipinski definition) is 2. The fourth-order valence-electron chi connectivity index (χ4n) is 8.96. The van der Waals surface area contributed by atoms with E-state index in [9.17, 15) is 0 Å². The Labute approximate surface area is 400 Å². The van der Waals surface area contributed by atoms with Gasteiger partial charge in [0.15, 0.2) is 11.5 Å². The second-order valence-electron chi connectivity index (χ2n) is 16.7. The van der Waals surface area contributed by atoms with E-state index < -0.39 is 0 Å². The van der Waals surface area contributed by atoms with Crippen LogP contribution in [0.25, 0.3) is 90.9 Å².